The molecule has 0 aliphatic carbocycles. The Hall–Kier alpha value is -3.26. The Kier molecular flexibility index (Phi) is 5.50. The topological polar surface area (TPSA) is 104 Å². The maximum Gasteiger partial charge on any atom is 0.259 e. The van der Waals surface area contributed by atoms with Crippen molar-refractivity contribution in [3.8, 4) is 0 Å². The predicted octanol–water partition coefficient (Wildman–Crippen LogP) is 3.35. The minimum Gasteiger partial charge on any atom is -0.338 e. The molecule has 0 spiro atoms. The first-order valence-corrected chi connectivity index (χ1v) is 10.00. The Bertz CT molecular complexity index is 1100. The molecule has 154 valence electrons. The van der Waals surface area contributed by atoms with Crippen LogP contribution in [0.3, 0.4) is 0 Å². The van der Waals surface area contributed by atoms with Crippen LogP contribution in [0.4, 0.5) is 5.69 Å². The number of H-pyrrole nitrogens is 1. The average molecular weight is 425 g/mol. The molecule has 0 radical (unpaired) electrons. The van der Waals surface area contributed by atoms with Gasteiger partial charge in [0.1, 0.15) is 5.82 Å². The summed E-state index contributed by atoms with van der Waals surface area (Å²) in [5.41, 5.74) is 3.00. The van der Waals surface area contributed by atoms with Gasteiger partial charge in [-0.1, -0.05) is 11.6 Å². The molecule has 3 aromatic rings. The van der Waals surface area contributed by atoms with Crippen LogP contribution in [0.2, 0.25) is 5.02 Å². The number of benzene rings is 1. The molecule has 2 N–H and O–H groups in total. The van der Waals surface area contributed by atoms with E-state index in [0.717, 1.165) is 12.1 Å². The molecule has 1 saturated heterocycles. The number of hydrogen-bond acceptors (Lipinski definition) is 5. The SMILES string of the molecule is Cc1nc([C@H]2CCN(C(=O)c3cn[nH]c3C)C2)ncc1C(=O)Nc1ccc(Cl)cc1. The Morgan fingerprint density at radius 1 is 1.17 bits per heavy atom. The van der Waals surface area contributed by atoms with Crippen molar-refractivity contribution in [2.75, 3.05) is 18.4 Å². The summed E-state index contributed by atoms with van der Waals surface area (Å²) in [6.07, 6.45) is 3.88. The van der Waals surface area contributed by atoms with Gasteiger partial charge in [-0.2, -0.15) is 5.10 Å². The normalized spacial score (nSPS) is 16.0. The van der Waals surface area contributed by atoms with E-state index in [1.807, 2.05) is 6.92 Å². The van der Waals surface area contributed by atoms with Gasteiger partial charge in [0.15, 0.2) is 0 Å². The number of nitrogens with zero attached hydrogens (tertiary/aromatic N) is 4. The summed E-state index contributed by atoms with van der Waals surface area (Å²) in [6, 6.07) is 6.89. The molecule has 3 heterocycles. The van der Waals surface area contributed by atoms with Crippen LogP contribution in [0, 0.1) is 13.8 Å². The highest BCUT2D eigenvalue weighted by Crippen LogP contribution is 2.27. The number of aromatic amines is 1. The van der Waals surface area contributed by atoms with Crippen LogP contribution in [-0.2, 0) is 0 Å². The van der Waals surface area contributed by atoms with Crippen molar-refractivity contribution in [2.24, 2.45) is 0 Å². The zero-order valence-electron chi connectivity index (χ0n) is 16.6. The van der Waals surface area contributed by atoms with E-state index in [2.05, 4.69) is 25.5 Å². The minimum absolute atomic E-state index is 0.0354. The predicted molar refractivity (Wildman–Crippen MR) is 113 cm³/mol. The van der Waals surface area contributed by atoms with E-state index >= 15 is 0 Å². The van der Waals surface area contributed by atoms with Gasteiger partial charge in [0, 0.05) is 41.6 Å². The summed E-state index contributed by atoms with van der Waals surface area (Å²) >= 11 is 5.87. The van der Waals surface area contributed by atoms with Gasteiger partial charge in [-0.15, -0.1) is 0 Å². The molecular weight excluding hydrogens is 404 g/mol. The smallest absolute Gasteiger partial charge is 0.259 e. The van der Waals surface area contributed by atoms with Gasteiger partial charge in [-0.3, -0.25) is 14.7 Å². The van der Waals surface area contributed by atoms with Gasteiger partial charge in [0.25, 0.3) is 11.8 Å². The molecule has 1 aromatic carbocycles. The molecule has 1 aliphatic rings. The van der Waals surface area contributed by atoms with Crippen LogP contribution in [0.5, 0.6) is 0 Å². The fourth-order valence-electron chi connectivity index (χ4n) is 3.53. The molecule has 0 unspecified atom stereocenters. The van der Waals surface area contributed by atoms with Gasteiger partial charge >= 0.3 is 0 Å². The summed E-state index contributed by atoms with van der Waals surface area (Å²) < 4.78 is 0. The lowest BCUT2D eigenvalue weighted by Gasteiger charge is -2.16. The summed E-state index contributed by atoms with van der Waals surface area (Å²) in [6.45, 7) is 4.79. The van der Waals surface area contributed by atoms with E-state index in [1.54, 1.807) is 48.5 Å². The highest BCUT2D eigenvalue weighted by molar-refractivity contribution is 6.30. The average Bonchev–Trinajstić information content (AvgIpc) is 3.38. The van der Waals surface area contributed by atoms with Crippen LogP contribution in [0.1, 0.15) is 50.3 Å². The number of likely N-dealkylation sites (tertiary alicyclic amines) is 1. The fourth-order valence-corrected chi connectivity index (χ4v) is 3.65. The quantitative estimate of drug-likeness (QED) is 0.668. The Labute approximate surface area is 178 Å². The molecule has 2 amide bonds. The summed E-state index contributed by atoms with van der Waals surface area (Å²) in [5.74, 6) is 0.363. The van der Waals surface area contributed by atoms with E-state index < -0.39 is 0 Å². The van der Waals surface area contributed by atoms with Gasteiger partial charge in [0.2, 0.25) is 0 Å². The Morgan fingerprint density at radius 3 is 2.60 bits per heavy atom. The lowest BCUT2D eigenvalue weighted by Crippen LogP contribution is -2.29. The molecule has 4 rings (SSSR count). The second-order valence-corrected chi connectivity index (χ2v) is 7.77. The van der Waals surface area contributed by atoms with Crippen molar-refractivity contribution in [2.45, 2.75) is 26.2 Å². The lowest BCUT2D eigenvalue weighted by atomic mass is 10.1. The highest BCUT2D eigenvalue weighted by Gasteiger charge is 2.31. The first-order valence-electron chi connectivity index (χ1n) is 9.62. The van der Waals surface area contributed by atoms with Crippen LogP contribution in [0.15, 0.2) is 36.7 Å². The standard InChI is InChI=1S/C21H21ClN6O2/c1-12-17(20(29)26-16-5-3-15(22)4-6-16)9-23-19(25-12)14-7-8-28(11-14)21(30)18-10-24-27-13(18)2/h3-6,9-10,14H,7-8,11H2,1-2H3,(H,24,27)(H,26,29)/t14-/m0/s1. The molecule has 1 fully saturated rings. The molecule has 1 atom stereocenters. The fraction of sp³-hybridized carbons (Fsp3) is 0.286. The largest absolute Gasteiger partial charge is 0.338 e. The van der Waals surface area contributed by atoms with Crippen molar-refractivity contribution in [3.63, 3.8) is 0 Å². The molecule has 2 aromatic heterocycles. The molecule has 0 saturated carbocycles. The molecule has 0 bridgehead atoms. The van der Waals surface area contributed by atoms with Crippen molar-refractivity contribution >= 4 is 29.1 Å². The number of aromatic nitrogens is 4. The van der Waals surface area contributed by atoms with Crippen molar-refractivity contribution in [3.05, 3.63) is 70.0 Å². The molecular formula is C21H21ClN6O2. The summed E-state index contributed by atoms with van der Waals surface area (Å²) in [7, 11) is 0. The Morgan fingerprint density at radius 2 is 1.93 bits per heavy atom. The van der Waals surface area contributed by atoms with Crippen LogP contribution >= 0.6 is 11.6 Å². The molecule has 9 heteroatoms. The van der Waals surface area contributed by atoms with Gasteiger partial charge in [-0.05, 0) is 44.5 Å². The second kappa shape index (κ2) is 8.23. The van der Waals surface area contributed by atoms with Crippen molar-refractivity contribution in [1.82, 2.24) is 25.1 Å². The lowest BCUT2D eigenvalue weighted by molar-refractivity contribution is 0.0789. The highest BCUT2D eigenvalue weighted by atomic mass is 35.5. The van der Waals surface area contributed by atoms with Gasteiger partial charge in [0.05, 0.1) is 23.0 Å². The first-order chi connectivity index (χ1) is 14.4. The third-order valence-corrected chi connectivity index (χ3v) is 5.50. The zero-order chi connectivity index (χ0) is 21.3. The monoisotopic (exact) mass is 424 g/mol. The van der Waals surface area contributed by atoms with Crippen LogP contribution in [0.25, 0.3) is 0 Å². The van der Waals surface area contributed by atoms with Crippen LogP contribution < -0.4 is 5.32 Å². The number of nitrogens with one attached hydrogen (secondary N) is 2. The first kappa shape index (κ1) is 20.0. The summed E-state index contributed by atoms with van der Waals surface area (Å²) in [4.78, 5) is 36.0. The number of carbonyl (C=O) groups excluding carboxylic acids is 2. The summed E-state index contributed by atoms with van der Waals surface area (Å²) in [5, 5.41) is 10.1. The number of halogens is 1. The number of anilines is 1. The Balaban J connectivity index is 1.44. The number of amides is 2. The van der Waals surface area contributed by atoms with Gasteiger partial charge in [-0.25, -0.2) is 9.97 Å². The van der Waals surface area contributed by atoms with E-state index in [4.69, 9.17) is 11.6 Å². The maximum absolute atomic E-state index is 12.7. The maximum atomic E-state index is 12.7. The molecule has 1 aliphatic heterocycles. The number of rotatable bonds is 4. The zero-order valence-corrected chi connectivity index (χ0v) is 17.4. The van der Waals surface area contributed by atoms with E-state index in [9.17, 15) is 9.59 Å². The van der Waals surface area contributed by atoms with Crippen LogP contribution in [-0.4, -0.2) is 50.0 Å². The van der Waals surface area contributed by atoms with E-state index in [0.29, 0.717) is 46.4 Å². The molecule has 8 nitrogen and oxygen atoms in total. The number of hydrogen-bond donors (Lipinski definition) is 2. The third kappa shape index (κ3) is 4.04. The minimum atomic E-state index is -0.278. The van der Waals surface area contributed by atoms with Crippen molar-refractivity contribution < 1.29 is 9.59 Å². The van der Waals surface area contributed by atoms with E-state index in [-0.39, 0.29) is 17.7 Å². The van der Waals surface area contributed by atoms with Gasteiger partial charge < -0.3 is 10.2 Å². The second-order valence-electron chi connectivity index (χ2n) is 7.33. The number of aryl methyl sites for hydroxylation is 2. The van der Waals surface area contributed by atoms with Crippen molar-refractivity contribution in [1.29, 1.82) is 0 Å². The molecule has 30 heavy (non-hydrogen) atoms. The van der Waals surface area contributed by atoms with E-state index in [1.165, 1.54) is 0 Å². The third-order valence-electron chi connectivity index (χ3n) is 5.25. The number of carbonyl (C=O) groups is 2.